The molecule has 1 fully saturated rings. The van der Waals surface area contributed by atoms with Crippen LogP contribution < -0.4 is 0 Å². The van der Waals surface area contributed by atoms with E-state index in [4.69, 9.17) is 14.7 Å². The Hall–Kier alpha value is -2.48. The maximum atomic E-state index is 12.4. The Bertz CT molecular complexity index is 695. The Morgan fingerprint density at radius 3 is 2.38 bits per heavy atom. The standard InChI is InChI=1S/C17H13NO3/c18-11-14-3-1-2-4-15(14)16(19)12-5-7-13(8-6-12)17-20-9-10-21-17/h1-8,17H,9-10H2. The summed E-state index contributed by atoms with van der Waals surface area (Å²) >= 11 is 0. The molecule has 0 N–H and O–H groups in total. The molecule has 0 atom stereocenters. The first-order valence-corrected chi connectivity index (χ1v) is 6.66. The highest BCUT2D eigenvalue weighted by Crippen LogP contribution is 2.24. The largest absolute Gasteiger partial charge is 0.346 e. The molecule has 2 aromatic carbocycles. The highest BCUT2D eigenvalue weighted by atomic mass is 16.7. The molecule has 0 bridgehead atoms. The summed E-state index contributed by atoms with van der Waals surface area (Å²) in [4.78, 5) is 12.4. The second-order valence-electron chi connectivity index (χ2n) is 4.68. The minimum absolute atomic E-state index is 0.160. The van der Waals surface area contributed by atoms with Gasteiger partial charge in [-0.15, -0.1) is 0 Å². The third-order valence-electron chi connectivity index (χ3n) is 3.36. The summed E-state index contributed by atoms with van der Waals surface area (Å²) in [5, 5.41) is 9.07. The van der Waals surface area contributed by atoms with Gasteiger partial charge in [-0.3, -0.25) is 4.79 Å². The second-order valence-corrected chi connectivity index (χ2v) is 4.68. The van der Waals surface area contributed by atoms with Gasteiger partial charge in [-0.2, -0.15) is 5.26 Å². The molecule has 1 heterocycles. The van der Waals surface area contributed by atoms with Crippen LogP contribution in [0.3, 0.4) is 0 Å². The summed E-state index contributed by atoms with van der Waals surface area (Å²) in [6.07, 6.45) is -0.347. The van der Waals surface area contributed by atoms with E-state index in [0.717, 1.165) is 5.56 Å². The smallest absolute Gasteiger partial charge is 0.194 e. The van der Waals surface area contributed by atoms with E-state index < -0.39 is 0 Å². The minimum atomic E-state index is -0.347. The van der Waals surface area contributed by atoms with Crippen molar-refractivity contribution in [3.63, 3.8) is 0 Å². The zero-order chi connectivity index (χ0) is 14.7. The van der Waals surface area contributed by atoms with Crippen LogP contribution >= 0.6 is 0 Å². The Kier molecular flexibility index (Phi) is 3.78. The number of carbonyl (C=O) groups excluding carboxylic acids is 1. The van der Waals surface area contributed by atoms with Crippen molar-refractivity contribution in [2.24, 2.45) is 0 Å². The van der Waals surface area contributed by atoms with Crippen molar-refractivity contribution < 1.29 is 14.3 Å². The molecular weight excluding hydrogens is 266 g/mol. The van der Waals surface area contributed by atoms with Crippen molar-refractivity contribution in [3.8, 4) is 6.07 Å². The van der Waals surface area contributed by atoms with Gasteiger partial charge in [-0.25, -0.2) is 0 Å². The molecule has 0 spiro atoms. The van der Waals surface area contributed by atoms with E-state index >= 15 is 0 Å². The summed E-state index contributed by atoms with van der Waals surface area (Å²) in [6, 6.07) is 15.9. The molecule has 3 rings (SSSR count). The van der Waals surface area contributed by atoms with Crippen LogP contribution in [0.4, 0.5) is 0 Å². The molecule has 0 unspecified atom stereocenters. The molecule has 0 aromatic heterocycles. The predicted octanol–water partition coefficient (Wildman–Crippen LogP) is 2.83. The van der Waals surface area contributed by atoms with Crippen molar-refractivity contribution in [2.45, 2.75) is 6.29 Å². The Morgan fingerprint density at radius 2 is 1.71 bits per heavy atom. The lowest BCUT2D eigenvalue weighted by Gasteiger charge is -2.10. The molecule has 0 aliphatic carbocycles. The van der Waals surface area contributed by atoms with E-state index in [1.165, 1.54) is 0 Å². The summed E-state index contributed by atoms with van der Waals surface area (Å²) in [5.74, 6) is -0.160. The van der Waals surface area contributed by atoms with E-state index in [9.17, 15) is 4.79 Å². The molecule has 21 heavy (non-hydrogen) atoms. The van der Waals surface area contributed by atoms with Crippen molar-refractivity contribution >= 4 is 5.78 Å². The number of hydrogen-bond donors (Lipinski definition) is 0. The van der Waals surface area contributed by atoms with Crippen LogP contribution in [0, 0.1) is 11.3 Å². The molecule has 1 aliphatic heterocycles. The van der Waals surface area contributed by atoms with Gasteiger partial charge in [0.25, 0.3) is 0 Å². The molecule has 1 aliphatic rings. The number of nitrogens with zero attached hydrogens (tertiary/aromatic N) is 1. The fourth-order valence-electron chi connectivity index (χ4n) is 2.28. The second kappa shape index (κ2) is 5.88. The van der Waals surface area contributed by atoms with Crippen LogP contribution in [-0.2, 0) is 9.47 Å². The highest BCUT2D eigenvalue weighted by molar-refractivity contribution is 6.10. The molecule has 104 valence electrons. The summed E-state index contributed by atoms with van der Waals surface area (Å²) < 4.78 is 10.8. The quantitative estimate of drug-likeness (QED) is 0.811. The Balaban J connectivity index is 1.86. The fourth-order valence-corrected chi connectivity index (χ4v) is 2.28. The number of ether oxygens (including phenoxy) is 2. The highest BCUT2D eigenvalue weighted by Gasteiger charge is 2.19. The van der Waals surface area contributed by atoms with E-state index in [1.54, 1.807) is 36.4 Å². The number of nitriles is 1. The lowest BCUT2D eigenvalue weighted by atomic mass is 9.98. The van der Waals surface area contributed by atoms with E-state index in [-0.39, 0.29) is 12.1 Å². The number of hydrogen-bond acceptors (Lipinski definition) is 4. The van der Waals surface area contributed by atoms with Crippen LogP contribution in [0.2, 0.25) is 0 Å². The van der Waals surface area contributed by atoms with E-state index in [2.05, 4.69) is 0 Å². The first kappa shape index (κ1) is 13.5. The third-order valence-corrected chi connectivity index (χ3v) is 3.36. The SMILES string of the molecule is N#Cc1ccccc1C(=O)c1ccc(C2OCCO2)cc1. The third kappa shape index (κ3) is 2.70. The Morgan fingerprint density at radius 1 is 1.05 bits per heavy atom. The maximum Gasteiger partial charge on any atom is 0.194 e. The van der Waals surface area contributed by atoms with Gasteiger partial charge in [0, 0.05) is 16.7 Å². The minimum Gasteiger partial charge on any atom is -0.346 e. The first-order chi connectivity index (χ1) is 10.3. The number of rotatable bonds is 3. The zero-order valence-corrected chi connectivity index (χ0v) is 11.3. The van der Waals surface area contributed by atoms with Gasteiger partial charge in [0.05, 0.1) is 24.8 Å². The van der Waals surface area contributed by atoms with Crippen LogP contribution in [0.5, 0.6) is 0 Å². The van der Waals surface area contributed by atoms with Gasteiger partial charge < -0.3 is 9.47 Å². The number of ketones is 1. The van der Waals surface area contributed by atoms with Gasteiger partial charge in [0.2, 0.25) is 0 Å². The van der Waals surface area contributed by atoms with Crippen LogP contribution in [0.15, 0.2) is 48.5 Å². The molecule has 2 aromatic rings. The van der Waals surface area contributed by atoms with Gasteiger partial charge in [-0.05, 0) is 12.1 Å². The van der Waals surface area contributed by atoms with Gasteiger partial charge in [0.1, 0.15) is 0 Å². The monoisotopic (exact) mass is 279 g/mol. The number of carbonyl (C=O) groups is 1. The lowest BCUT2D eigenvalue weighted by molar-refractivity contribution is -0.0441. The molecule has 0 radical (unpaired) electrons. The fraction of sp³-hybridized carbons (Fsp3) is 0.176. The van der Waals surface area contributed by atoms with Gasteiger partial charge >= 0.3 is 0 Å². The lowest BCUT2D eigenvalue weighted by Crippen LogP contribution is -2.05. The molecule has 0 amide bonds. The summed E-state index contributed by atoms with van der Waals surface area (Å²) in [5.41, 5.74) is 2.23. The predicted molar refractivity (Wildman–Crippen MR) is 75.7 cm³/mol. The molecule has 4 nitrogen and oxygen atoms in total. The van der Waals surface area contributed by atoms with Crippen LogP contribution in [0.25, 0.3) is 0 Å². The average molecular weight is 279 g/mol. The van der Waals surface area contributed by atoms with Gasteiger partial charge in [0.15, 0.2) is 12.1 Å². The van der Waals surface area contributed by atoms with Gasteiger partial charge in [-0.1, -0.05) is 36.4 Å². The average Bonchev–Trinajstić information content (AvgIpc) is 3.09. The van der Waals surface area contributed by atoms with Crippen molar-refractivity contribution in [3.05, 3.63) is 70.8 Å². The first-order valence-electron chi connectivity index (χ1n) is 6.66. The maximum absolute atomic E-state index is 12.4. The van der Waals surface area contributed by atoms with Crippen LogP contribution in [0.1, 0.15) is 33.3 Å². The van der Waals surface area contributed by atoms with Crippen molar-refractivity contribution in [1.29, 1.82) is 5.26 Å². The normalized spacial score (nSPS) is 14.8. The van der Waals surface area contributed by atoms with Crippen molar-refractivity contribution in [1.82, 2.24) is 0 Å². The topological polar surface area (TPSA) is 59.3 Å². The zero-order valence-electron chi connectivity index (χ0n) is 11.3. The number of benzene rings is 2. The van der Waals surface area contributed by atoms with Crippen LogP contribution in [-0.4, -0.2) is 19.0 Å². The van der Waals surface area contributed by atoms with Crippen molar-refractivity contribution in [2.75, 3.05) is 13.2 Å². The summed E-state index contributed by atoms with van der Waals surface area (Å²) in [7, 11) is 0. The molecular formula is C17H13NO3. The molecule has 1 saturated heterocycles. The van der Waals surface area contributed by atoms with E-state index in [0.29, 0.717) is 29.9 Å². The summed E-state index contributed by atoms with van der Waals surface area (Å²) in [6.45, 7) is 1.17. The molecule has 4 heteroatoms. The Labute approximate surface area is 122 Å². The molecule has 0 saturated carbocycles. The van der Waals surface area contributed by atoms with E-state index in [1.807, 2.05) is 18.2 Å².